The van der Waals surface area contributed by atoms with Gasteiger partial charge >= 0.3 is 0 Å². The van der Waals surface area contributed by atoms with E-state index in [0.717, 1.165) is 66.6 Å². The Kier molecular flexibility index (Phi) is 8.87. The van der Waals surface area contributed by atoms with Crippen LogP contribution in [0.25, 0.3) is 11.3 Å². The molecule has 0 radical (unpaired) electrons. The summed E-state index contributed by atoms with van der Waals surface area (Å²) >= 11 is 0. The number of ether oxygens (including phenoxy) is 2. The van der Waals surface area contributed by atoms with Gasteiger partial charge in [-0.05, 0) is 74.1 Å². The standard InChI is InChI=1S/C26H34N4O2/c1-5-8-22-19-25(20-9-13-23(31-4)14-10-20)29-26(28-22)27-21-11-15-24(16-12-21)32-18-17-30(6-2)7-3/h9-16,19H,5-8,17-18H2,1-4H3,(H,27,28,29). The Labute approximate surface area is 191 Å². The van der Waals surface area contributed by atoms with Crippen LogP contribution < -0.4 is 14.8 Å². The zero-order chi connectivity index (χ0) is 22.8. The Balaban J connectivity index is 1.71. The van der Waals surface area contributed by atoms with Crippen LogP contribution in [-0.2, 0) is 6.42 Å². The van der Waals surface area contributed by atoms with Gasteiger partial charge in [0.15, 0.2) is 0 Å². The van der Waals surface area contributed by atoms with Crippen molar-refractivity contribution in [3.05, 3.63) is 60.3 Å². The summed E-state index contributed by atoms with van der Waals surface area (Å²) in [6, 6.07) is 17.9. The summed E-state index contributed by atoms with van der Waals surface area (Å²) in [6.07, 6.45) is 1.93. The number of methoxy groups -OCH3 is 1. The van der Waals surface area contributed by atoms with Crippen molar-refractivity contribution in [2.45, 2.75) is 33.6 Å². The molecular formula is C26H34N4O2. The minimum atomic E-state index is 0.594. The van der Waals surface area contributed by atoms with Crippen LogP contribution in [0.5, 0.6) is 11.5 Å². The van der Waals surface area contributed by atoms with Crippen molar-refractivity contribution in [1.29, 1.82) is 0 Å². The molecule has 6 nitrogen and oxygen atoms in total. The van der Waals surface area contributed by atoms with Gasteiger partial charge in [0.2, 0.25) is 5.95 Å². The molecule has 1 heterocycles. The number of aromatic nitrogens is 2. The normalized spacial score (nSPS) is 10.9. The van der Waals surface area contributed by atoms with Crippen LogP contribution >= 0.6 is 0 Å². The molecule has 6 heteroatoms. The number of likely N-dealkylation sites (N-methyl/N-ethyl adjacent to an activating group) is 1. The van der Waals surface area contributed by atoms with Crippen molar-refractivity contribution in [1.82, 2.24) is 14.9 Å². The fraction of sp³-hybridized carbons (Fsp3) is 0.385. The minimum Gasteiger partial charge on any atom is -0.497 e. The molecule has 0 amide bonds. The third kappa shape index (κ3) is 6.69. The summed E-state index contributed by atoms with van der Waals surface area (Å²) in [4.78, 5) is 11.8. The lowest BCUT2D eigenvalue weighted by Gasteiger charge is -2.18. The van der Waals surface area contributed by atoms with E-state index < -0.39 is 0 Å². The number of rotatable bonds is 12. The van der Waals surface area contributed by atoms with Crippen molar-refractivity contribution >= 4 is 11.6 Å². The maximum absolute atomic E-state index is 5.88. The van der Waals surface area contributed by atoms with Gasteiger partial charge in [-0.15, -0.1) is 0 Å². The number of nitrogens with zero attached hydrogens (tertiary/aromatic N) is 3. The Morgan fingerprint density at radius 2 is 1.56 bits per heavy atom. The van der Waals surface area contributed by atoms with Crippen LogP contribution in [0, 0.1) is 0 Å². The molecule has 32 heavy (non-hydrogen) atoms. The number of hydrogen-bond donors (Lipinski definition) is 1. The van der Waals surface area contributed by atoms with Gasteiger partial charge in [0.1, 0.15) is 18.1 Å². The smallest absolute Gasteiger partial charge is 0.227 e. The first-order valence-corrected chi connectivity index (χ1v) is 11.4. The van der Waals surface area contributed by atoms with Crippen molar-refractivity contribution in [3.8, 4) is 22.8 Å². The molecule has 3 aromatic rings. The molecule has 0 aliphatic heterocycles. The highest BCUT2D eigenvalue weighted by Crippen LogP contribution is 2.24. The summed E-state index contributed by atoms with van der Waals surface area (Å²) in [5.41, 5.74) is 3.87. The lowest BCUT2D eigenvalue weighted by atomic mass is 10.1. The van der Waals surface area contributed by atoms with Crippen molar-refractivity contribution in [2.75, 3.05) is 38.7 Å². The van der Waals surface area contributed by atoms with E-state index in [1.54, 1.807) is 7.11 Å². The van der Waals surface area contributed by atoms with Gasteiger partial charge in [-0.2, -0.15) is 0 Å². The third-order valence-electron chi connectivity index (χ3n) is 5.35. The van der Waals surface area contributed by atoms with Gasteiger partial charge in [0, 0.05) is 23.5 Å². The van der Waals surface area contributed by atoms with Crippen molar-refractivity contribution in [2.24, 2.45) is 0 Å². The predicted molar refractivity (Wildman–Crippen MR) is 131 cm³/mol. The first kappa shape index (κ1) is 23.5. The van der Waals surface area contributed by atoms with E-state index in [0.29, 0.717) is 12.6 Å². The number of anilines is 2. The lowest BCUT2D eigenvalue weighted by Crippen LogP contribution is -2.27. The second-order valence-corrected chi connectivity index (χ2v) is 7.57. The van der Waals surface area contributed by atoms with Gasteiger partial charge in [0.05, 0.1) is 12.8 Å². The fourth-order valence-electron chi connectivity index (χ4n) is 3.44. The first-order valence-electron chi connectivity index (χ1n) is 11.4. The molecule has 0 bridgehead atoms. The van der Waals surface area contributed by atoms with E-state index >= 15 is 0 Å². The molecule has 0 saturated carbocycles. The Hall–Kier alpha value is -3.12. The number of aryl methyl sites for hydroxylation is 1. The van der Waals surface area contributed by atoms with E-state index in [9.17, 15) is 0 Å². The summed E-state index contributed by atoms with van der Waals surface area (Å²) in [6.45, 7) is 10.2. The van der Waals surface area contributed by atoms with Crippen LogP contribution in [0.1, 0.15) is 32.9 Å². The van der Waals surface area contributed by atoms with Crippen molar-refractivity contribution in [3.63, 3.8) is 0 Å². The Morgan fingerprint density at radius 1 is 0.875 bits per heavy atom. The highest BCUT2D eigenvalue weighted by molar-refractivity contribution is 5.63. The van der Waals surface area contributed by atoms with Crippen LogP contribution in [-0.4, -0.2) is 48.2 Å². The van der Waals surface area contributed by atoms with Gasteiger partial charge in [-0.25, -0.2) is 9.97 Å². The zero-order valence-electron chi connectivity index (χ0n) is 19.6. The van der Waals surface area contributed by atoms with Gasteiger partial charge < -0.3 is 19.7 Å². The van der Waals surface area contributed by atoms with Gasteiger partial charge in [-0.3, -0.25) is 0 Å². The second kappa shape index (κ2) is 12.1. The molecule has 3 rings (SSSR count). The lowest BCUT2D eigenvalue weighted by molar-refractivity contribution is 0.223. The van der Waals surface area contributed by atoms with E-state index in [2.05, 4.69) is 37.1 Å². The predicted octanol–water partition coefficient (Wildman–Crippen LogP) is 5.57. The highest BCUT2D eigenvalue weighted by Gasteiger charge is 2.08. The molecule has 0 unspecified atom stereocenters. The van der Waals surface area contributed by atoms with Crippen LogP contribution in [0.3, 0.4) is 0 Å². The molecular weight excluding hydrogens is 400 g/mol. The summed E-state index contributed by atoms with van der Waals surface area (Å²) in [5, 5.41) is 3.34. The van der Waals surface area contributed by atoms with Crippen LogP contribution in [0.15, 0.2) is 54.6 Å². The first-order chi connectivity index (χ1) is 15.6. The van der Waals surface area contributed by atoms with E-state index in [1.807, 2.05) is 48.5 Å². The minimum absolute atomic E-state index is 0.594. The molecule has 0 saturated heterocycles. The quantitative estimate of drug-likeness (QED) is 0.402. The zero-order valence-corrected chi connectivity index (χ0v) is 19.6. The average Bonchev–Trinajstić information content (AvgIpc) is 2.83. The maximum Gasteiger partial charge on any atom is 0.227 e. The average molecular weight is 435 g/mol. The summed E-state index contributed by atoms with van der Waals surface area (Å²) in [7, 11) is 1.67. The van der Waals surface area contributed by atoms with E-state index in [4.69, 9.17) is 19.4 Å². The Bertz CT molecular complexity index is 955. The molecule has 0 spiro atoms. The monoisotopic (exact) mass is 434 g/mol. The largest absolute Gasteiger partial charge is 0.497 e. The summed E-state index contributed by atoms with van der Waals surface area (Å²) < 4.78 is 11.2. The maximum atomic E-state index is 5.88. The highest BCUT2D eigenvalue weighted by atomic mass is 16.5. The summed E-state index contributed by atoms with van der Waals surface area (Å²) in [5.74, 6) is 2.29. The van der Waals surface area contributed by atoms with Crippen molar-refractivity contribution < 1.29 is 9.47 Å². The molecule has 0 fully saturated rings. The molecule has 0 aliphatic rings. The van der Waals surface area contributed by atoms with E-state index in [-0.39, 0.29) is 0 Å². The van der Waals surface area contributed by atoms with Crippen LogP contribution in [0.4, 0.5) is 11.6 Å². The second-order valence-electron chi connectivity index (χ2n) is 7.57. The molecule has 0 atom stereocenters. The van der Waals surface area contributed by atoms with Crippen LogP contribution in [0.2, 0.25) is 0 Å². The molecule has 0 aliphatic carbocycles. The third-order valence-corrected chi connectivity index (χ3v) is 5.35. The van der Waals surface area contributed by atoms with Gasteiger partial charge in [-0.1, -0.05) is 27.2 Å². The Morgan fingerprint density at radius 3 is 2.19 bits per heavy atom. The number of nitrogens with one attached hydrogen (secondary N) is 1. The topological polar surface area (TPSA) is 59.5 Å². The number of hydrogen-bond acceptors (Lipinski definition) is 6. The molecule has 2 aromatic carbocycles. The SMILES string of the molecule is CCCc1cc(-c2ccc(OC)cc2)nc(Nc2ccc(OCCN(CC)CC)cc2)n1. The fourth-order valence-corrected chi connectivity index (χ4v) is 3.44. The number of benzene rings is 2. The molecule has 1 N–H and O–H groups in total. The van der Waals surface area contributed by atoms with Gasteiger partial charge in [0.25, 0.3) is 0 Å². The molecule has 170 valence electrons. The molecule has 1 aromatic heterocycles. The van der Waals surface area contributed by atoms with E-state index in [1.165, 1.54) is 0 Å².